The Morgan fingerprint density at radius 3 is 2.75 bits per heavy atom. The van der Waals surface area contributed by atoms with Crippen LogP contribution in [0.3, 0.4) is 0 Å². The van der Waals surface area contributed by atoms with Crippen molar-refractivity contribution in [1.82, 2.24) is 10.2 Å². The van der Waals surface area contributed by atoms with Crippen LogP contribution in [0.2, 0.25) is 5.02 Å². The van der Waals surface area contributed by atoms with Gasteiger partial charge < -0.3 is 5.32 Å². The Balaban J connectivity index is 1.72. The first kappa shape index (κ1) is 17.6. The molecular weight excluding hydrogens is 347 g/mol. The Hall–Kier alpha value is -1.17. The van der Waals surface area contributed by atoms with Crippen LogP contribution in [-0.4, -0.2) is 36.0 Å². The minimum Gasteiger partial charge on any atom is -0.349 e. The normalized spacial score (nSPS) is 16.5. The van der Waals surface area contributed by atoms with Gasteiger partial charge in [0.15, 0.2) is 0 Å². The maximum absolute atomic E-state index is 13.3. The van der Waals surface area contributed by atoms with Crippen molar-refractivity contribution >= 4 is 38.9 Å². The highest BCUT2D eigenvalue weighted by Crippen LogP contribution is 2.35. The van der Waals surface area contributed by atoms with Gasteiger partial charge in [-0.05, 0) is 58.0 Å². The minimum atomic E-state index is -0.321. The maximum Gasteiger partial charge on any atom is 0.262 e. The highest BCUT2D eigenvalue weighted by molar-refractivity contribution is 7.21. The predicted octanol–water partition coefficient (Wildman–Crippen LogP) is 4.69. The third-order valence-electron chi connectivity index (χ3n) is 4.69. The van der Waals surface area contributed by atoms with Crippen molar-refractivity contribution in [1.29, 1.82) is 0 Å². The van der Waals surface area contributed by atoms with Crippen LogP contribution in [0.5, 0.6) is 0 Å². The van der Waals surface area contributed by atoms with Crippen molar-refractivity contribution in [2.24, 2.45) is 0 Å². The number of hydrogen-bond acceptors (Lipinski definition) is 3. The van der Waals surface area contributed by atoms with Crippen LogP contribution in [0, 0.1) is 5.82 Å². The summed E-state index contributed by atoms with van der Waals surface area (Å²) in [7, 11) is 0. The van der Waals surface area contributed by atoms with Crippen molar-refractivity contribution in [2.75, 3.05) is 19.6 Å². The number of piperidine rings is 1. The molecule has 0 atom stereocenters. The van der Waals surface area contributed by atoms with Gasteiger partial charge >= 0.3 is 0 Å². The first-order chi connectivity index (χ1) is 11.4. The summed E-state index contributed by atoms with van der Waals surface area (Å²) in [4.78, 5) is 15.4. The van der Waals surface area contributed by atoms with E-state index in [0.29, 0.717) is 21.1 Å². The molecule has 24 heavy (non-hydrogen) atoms. The van der Waals surface area contributed by atoms with Crippen molar-refractivity contribution in [3.63, 3.8) is 0 Å². The molecule has 0 saturated carbocycles. The zero-order chi connectivity index (χ0) is 17.3. The van der Waals surface area contributed by atoms with Crippen molar-refractivity contribution in [3.05, 3.63) is 33.9 Å². The summed E-state index contributed by atoms with van der Waals surface area (Å²) >= 11 is 7.55. The number of benzene rings is 1. The number of thiophene rings is 1. The number of nitrogens with one attached hydrogen (secondary N) is 1. The Labute approximate surface area is 150 Å². The van der Waals surface area contributed by atoms with E-state index in [1.807, 2.05) is 0 Å². The zero-order valence-electron chi connectivity index (χ0n) is 14.0. The molecule has 1 N–H and O–H groups in total. The molecule has 2 aromatic rings. The van der Waals surface area contributed by atoms with Crippen LogP contribution in [-0.2, 0) is 0 Å². The van der Waals surface area contributed by atoms with Gasteiger partial charge in [-0.3, -0.25) is 9.69 Å². The van der Waals surface area contributed by atoms with Gasteiger partial charge in [-0.1, -0.05) is 18.0 Å². The molecule has 1 amide bonds. The molecule has 1 fully saturated rings. The average Bonchev–Trinajstić information content (AvgIpc) is 2.90. The van der Waals surface area contributed by atoms with Crippen LogP contribution in [0.4, 0.5) is 4.39 Å². The van der Waals surface area contributed by atoms with E-state index in [1.54, 1.807) is 6.07 Å². The molecule has 1 aliphatic rings. The second-order valence-corrected chi connectivity index (χ2v) is 8.36. The van der Waals surface area contributed by atoms with E-state index in [2.05, 4.69) is 24.1 Å². The number of likely N-dealkylation sites (tertiary alicyclic amines) is 1. The summed E-state index contributed by atoms with van der Waals surface area (Å²) in [5, 5.41) is 4.14. The monoisotopic (exact) mass is 368 g/mol. The predicted molar refractivity (Wildman–Crippen MR) is 98.6 cm³/mol. The number of carbonyl (C=O) groups is 1. The highest BCUT2D eigenvalue weighted by atomic mass is 35.5. The second-order valence-electron chi connectivity index (χ2n) is 6.93. The lowest BCUT2D eigenvalue weighted by Crippen LogP contribution is -2.53. The van der Waals surface area contributed by atoms with Gasteiger partial charge in [0.05, 0.1) is 5.02 Å². The van der Waals surface area contributed by atoms with E-state index in [4.69, 9.17) is 11.6 Å². The van der Waals surface area contributed by atoms with Gasteiger partial charge in [-0.15, -0.1) is 11.3 Å². The number of nitrogens with zero attached hydrogens (tertiary/aromatic N) is 1. The SMILES string of the molecule is CC(C)(CNC(=O)c1sc2cc(F)ccc2c1Cl)N1CCCCC1. The fraction of sp³-hybridized carbons (Fsp3) is 0.500. The van der Waals surface area contributed by atoms with E-state index in [9.17, 15) is 9.18 Å². The molecule has 130 valence electrons. The van der Waals surface area contributed by atoms with Crippen LogP contribution < -0.4 is 5.32 Å². The zero-order valence-corrected chi connectivity index (χ0v) is 15.6. The van der Waals surface area contributed by atoms with Gasteiger partial charge in [-0.25, -0.2) is 4.39 Å². The quantitative estimate of drug-likeness (QED) is 0.849. The number of rotatable bonds is 4. The molecule has 0 aliphatic carbocycles. The molecule has 1 saturated heterocycles. The number of halogens is 2. The average molecular weight is 369 g/mol. The minimum absolute atomic E-state index is 0.0919. The standard InChI is InChI=1S/C18H22ClFN2OS/c1-18(2,22-8-4-3-5-9-22)11-21-17(23)16-15(19)13-7-6-12(20)10-14(13)24-16/h6-7,10H,3-5,8-9,11H2,1-2H3,(H,21,23). The maximum atomic E-state index is 13.3. The molecule has 3 nitrogen and oxygen atoms in total. The molecule has 2 heterocycles. The van der Waals surface area contributed by atoms with E-state index >= 15 is 0 Å². The summed E-state index contributed by atoms with van der Waals surface area (Å²) in [6, 6.07) is 4.40. The number of hydrogen-bond donors (Lipinski definition) is 1. The Bertz CT molecular complexity index is 753. The van der Waals surface area contributed by atoms with E-state index in [1.165, 1.54) is 42.7 Å². The summed E-state index contributed by atoms with van der Waals surface area (Å²) in [5.74, 6) is -0.509. The van der Waals surface area contributed by atoms with Gasteiger partial charge in [-0.2, -0.15) is 0 Å². The summed E-state index contributed by atoms with van der Waals surface area (Å²) < 4.78 is 14.0. The van der Waals surface area contributed by atoms with E-state index < -0.39 is 0 Å². The van der Waals surface area contributed by atoms with Crippen LogP contribution >= 0.6 is 22.9 Å². The molecule has 6 heteroatoms. The van der Waals surface area contributed by atoms with Crippen molar-refractivity contribution in [2.45, 2.75) is 38.6 Å². The first-order valence-electron chi connectivity index (χ1n) is 8.29. The smallest absolute Gasteiger partial charge is 0.262 e. The lowest BCUT2D eigenvalue weighted by Gasteiger charge is -2.41. The highest BCUT2D eigenvalue weighted by Gasteiger charge is 2.29. The van der Waals surface area contributed by atoms with Crippen LogP contribution in [0.25, 0.3) is 10.1 Å². The van der Waals surface area contributed by atoms with E-state index in [0.717, 1.165) is 18.5 Å². The second kappa shape index (κ2) is 6.98. The van der Waals surface area contributed by atoms with Gasteiger partial charge in [0.2, 0.25) is 0 Å². The third kappa shape index (κ3) is 3.58. The Morgan fingerprint density at radius 1 is 1.33 bits per heavy atom. The largest absolute Gasteiger partial charge is 0.349 e. The molecule has 1 aromatic heterocycles. The molecule has 0 bridgehead atoms. The van der Waals surface area contributed by atoms with Gasteiger partial charge in [0.25, 0.3) is 5.91 Å². The van der Waals surface area contributed by atoms with Crippen LogP contribution in [0.15, 0.2) is 18.2 Å². The molecule has 1 aromatic carbocycles. The molecular formula is C18H22ClFN2OS. The summed E-state index contributed by atoms with van der Waals surface area (Å²) in [5.41, 5.74) is -0.0919. The number of carbonyl (C=O) groups excluding carboxylic acids is 1. The third-order valence-corrected chi connectivity index (χ3v) is 6.35. The lowest BCUT2D eigenvalue weighted by molar-refractivity contribution is 0.0800. The van der Waals surface area contributed by atoms with Crippen LogP contribution in [0.1, 0.15) is 42.8 Å². The van der Waals surface area contributed by atoms with Crippen molar-refractivity contribution < 1.29 is 9.18 Å². The van der Waals surface area contributed by atoms with Gasteiger partial charge in [0, 0.05) is 22.2 Å². The first-order valence-corrected chi connectivity index (χ1v) is 9.49. The lowest BCUT2D eigenvalue weighted by atomic mass is 9.98. The topological polar surface area (TPSA) is 32.3 Å². The summed E-state index contributed by atoms with van der Waals surface area (Å²) in [6.07, 6.45) is 3.71. The van der Waals surface area contributed by atoms with Crippen molar-refractivity contribution in [3.8, 4) is 0 Å². The fourth-order valence-electron chi connectivity index (χ4n) is 3.17. The summed E-state index contributed by atoms with van der Waals surface area (Å²) in [6.45, 7) is 7.02. The molecule has 0 radical (unpaired) electrons. The molecule has 0 spiro atoms. The fourth-order valence-corrected chi connectivity index (χ4v) is 4.63. The Kier molecular flexibility index (Phi) is 5.13. The Morgan fingerprint density at radius 2 is 2.04 bits per heavy atom. The molecule has 1 aliphatic heterocycles. The van der Waals surface area contributed by atoms with E-state index in [-0.39, 0.29) is 17.3 Å². The van der Waals surface area contributed by atoms with Gasteiger partial charge in [0.1, 0.15) is 10.7 Å². The number of fused-ring (bicyclic) bond motifs is 1. The number of amides is 1. The molecule has 3 rings (SSSR count). The molecule has 0 unspecified atom stereocenters.